The van der Waals surface area contributed by atoms with Gasteiger partial charge in [0, 0.05) is 0 Å². The van der Waals surface area contributed by atoms with Crippen molar-refractivity contribution in [2.45, 2.75) is 19.0 Å². The number of hydrogen-bond acceptors (Lipinski definition) is 4. The van der Waals surface area contributed by atoms with Crippen molar-refractivity contribution < 1.29 is 26.0 Å². The third-order valence-corrected chi connectivity index (χ3v) is 4.09. The van der Waals surface area contributed by atoms with Crippen LogP contribution in [0.2, 0.25) is 0 Å². The first-order valence-electron chi connectivity index (χ1n) is 6.22. The van der Waals surface area contributed by atoms with E-state index in [9.17, 15) is 26.0 Å². The van der Waals surface area contributed by atoms with Crippen molar-refractivity contribution in [3.63, 3.8) is 0 Å². The third kappa shape index (κ3) is 3.84. The molecule has 0 atom stereocenters. The highest BCUT2D eigenvalue weighted by Gasteiger charge is 2.33. The minimum Gasteiger partial charge on any atom is -0.265 e. The molecule has 0 saturated heterocycles. The molecule has 2 heterocycles. The van der Waals surface area contributed by atoms with E-state index in [4.69, 9.17) is 0 Å². The molecule has 0 aliphatic rings. The van der Waals surface area contributed by atoms with Crippen LogP contribution in [-0.2, 0) is 16.2 Å². The number of H-pyrrole nitrogens is 1. The molecule has 11 heteroatoms. The highest BCUT2D eigenvalue weighted by molar-refractivity contribution is 7.92. The zero-order valence-corrected chi connectivity index (χ0v) is 11.9. The van der Waals surface area contributed by atoms with E-state index < -0.39 is 28.6 Å². The Labute approximate surface area is 123 Å². The Kier molecular flexibility index (Phi) is 4.54. The predicted octanol–water partition coefficient (Wildman–Crippen LogP) is 2.47. The molecule has 2 rings (SSSR count). The van der Waals surface area contributed by atoms with Crippen molar-refractivity contribution >= 4 is 26.9 Å². The van der Waals surface area contributed by atoms with Crippen molar-refractivity contribution in [1.29, 1.82) is 0 Å². The summed E-state index contributed by atoms with van der Waals surface area (Å²) in [4.78, 5) is 3.35. The first kappa shape index (κ1) is 16.5. The summed E-state index contributed by atoms with van der Waals surface area (Å²) in [6.45, 7) is -0.620. The number of aromatic amines is 1. The van der Waals surface area contributed by atoms with Gasteiger partial charge in [-0.3, -0.25) is 14.2 Å². The molecular formula is C11H12F4N4O2S. The fourth-order valence-electron chi connectivity index (χ4n) is 1.73. The predicted molar refractivity (Wildman–Crippen MR) is 71.5 cm³/mol. The van der Waals surface area contributed by atoms with E-state index in [-0.39, 0.29) is 35.4 Å². The van der Waals surface area contributed by atoms with Gasteiger partial charge in [-0.25, -0.2) is 13.4 Å². The molecule has 2 N–H and O–H groups in total. The standard InChI is InChI=1S/C11H12F4N4O2S/c12-5-1-2-6-22(20,21)19-10-7-3-4-8(11(13,14)15)16-9(7)17-18-10/h3-4H,1-2,5-6H2,(H2,16,17,18,19). The molecule has 2 aromatic rings. The lowest BCUT2D eigenvalue weighted by Gasteiger charge is -2.06. The fourth-order valence-corrected chi connectivity index (χ4v) is 2.86. The number of sulfonamides is 1. The largest absolute Gasteiger partial charge is 0.433 e. The Hall–Kier alpha value is -1.91. The maximum absolute atomic E-state index is 12.5. The van der Waals surface area contributed by atoms with E-state index in [2.05, 4.69) is 19.9 Å². The number of nitrogens with one attached hydrogen (secondary N) is 2. The molecule has 22 heavy (non-hydrogen) atoms. The number of rotatable bonds is 6. The number of pyridine rings is 1. The Morgan fingerprint density at radius 1 is 1.23 bits per heavy atom. The first-order chi connectivity index (χ1) is 10.2. The van der Waals surface area contributed by atoms with Gasteiger partial charge in [0.1, 0.15) is 5.69 Å². The molecule has 122 valence electrons. The van der Waals surface area contributed by atoms with Gasteiger partial charge < -0.3 is 0 Å². The van der Waals surface area contributed by atoms with Crippen LogP contribution in [0.4, 0.5) is 23.4 Å². The lowest BCUT2D eigenvalue weighted by Crippen LogP contribution is -2.17. The summed E-state index contributed by atoms with van der Waals surface area (Å²) in [7, 11) is -3.76. The summed E-state index contributed by atoms with van der Waals surface area (Å²) in [6.07, 6.45) is -4.37. The SMILES string of the molecule is O=S(=O)(CCCCF)Nc1n[nH]c2nc(C(F)(F)F)ccc12. The van der Waals surface area contributed by atoms with Crippen LogP contribution < -0.4 is 4.72 Å². The maximum Gasteiger partial charge on any atom is 0.433 e. The second-order valence-corrected chi connectivity index (χ2v) is 6.32. The zero-order valence-electron chi connectivity index (χ0n) is 11.1. The second kappa shape index (κ2) is 6.07. The molecule has 2 aromatic heterocycles. The van der Waals surface area contributed by atoms with E-state index >= 15 is 0 Å². The first-order valence-corrected chi connectivity index (χ1v) is 7.87. The lowest BCUT2D eigenvalue weighted by molar-refractivity contribution is -0.141. The minimum absolute atomic E-state index is 0.110. The van der Waals surface area contributed by atoms with Crippen LogP contribution >= 0.6 is 0 Å². The van der Waals surface area contributed by atoms with Gasteiger partial charge in [-0.15, -0.1) is 0 Å². The van der Waals surface area contributed by atoms with Crippen LogP contribution in [0.15, 0.2) is 12.1 Å². The van der Waals surface area contributed by atoms with Crippen LogP contribution in [0.25, 0.3) is 11.0 Å². The summed E-state index contributed by atoms with van der Waals surface area (Å²) in [6, 6.07) is 1.81. The topological polar surface area (TPSA) is 87.7 Å². The van der Waals surface area contributed by atoms with Gasteiger partial charge in [0.25, 0.3) is 0 Å². The zero-order chi connectivity index (χ0) is 16.4. The van der Waals surface area contributed by atoms with E-state index in [1.807, 2.05) is 0 Å². The number of hydrogen-bond donors (Lipinski definition) is 2. The molecule has 0 aliphatic carbocycles. The van der Waals surface area contributed by atoms with Crippen LogP contribution in [-0.4, -0.2) is 36.0 Å². The number of nitrogens with zero attached hydrogens (tertiary/aromatic N) is 2. The quantitative estimate of drug-likeness (QED) is 0.625. The molecule has 0 saturated carbocycles. The van der Waals surface area contributed by atoms with E-state index in [1.165, 1.54) is 0 Å². The molecule has 6 nitrogen and oxygen atoms in total. The van der Waals surface area contributed by atoms with Crippen molar-refractivity contribution in [2.75, 3.05) is 17.1 Å². The van der Waals surface area contributed by atoms with Crippen LogP contribution in [0.1, 0.15) is 18.5 Å². The number of fused-ring (bicyclic) bond motifs is 1. The van der Waals surface area contributed by atoms with E-state index in [0.29, 0.717) is 0 Å². The van der Waals surface area contributed by atoms with E-state index in [1.54, 1.807) is 0 Å². The average Bonchev–Trinajstić information content (AvgIpc) is 2.80. The highest BCUT2D eigenvalue weighted by atomic mass is 32.2. The molecule has 0 spiro atoms. The summed E-state index contributed by atoms with van der Waals surface area (Å²) >= 11 is 0. The van der Waals surface area contributed by atoms with Gasteiger partial charge in [0.15, 0.2) is 11.5 Å². The maximum atomic E-state index is 12.5. The second-order valence-electron chi connectivity index (χ2n) is 4.48. The number of halogens is 4. The fraction of sp³-hybridized carbons (Fsp3) is 0.455. The molecule has 0 bridgehead atoms. The smallest absolute Gasteiger partial charge is 0.265 e. The molecule has 0 amide bonds. The molecular weight excluding hydrogens is 328 g/mol. The Balaban J connectivity index is 2.23. The van der Waals surface area contributed by atoms with Gasteiger partial charge in [-0.05, 0) is 25.0 Å². The molecule has 0 unspecified atom stereocenters. The van der Waals surface area contributed by atoms with Gasteiger partial charge in [-0.1, -0.05) is 0 Å². The van der Waals surface area contributed by atoms with Gasteiger partial charge >= 0.3 is 6.18 Å². The van der Waals surface area contributed by atoms with Crippen molar-refractivity contribution in [3.8, 4) is 0 Å². The minimum atomic E-state index is -4.61. The highest BCUT2D eigenvalue weighted by Crippen LogP contribution is 2.30. The number of alkyl halides is 4. The average molecular weight is 340 g/mol. The summed E-state index contributed by atoms with van der Waals surface area (Å²) < 4.78 is 75.2. The summed E-state index contributed by atoms with van der Waals surface area (Å²) in [5.41, 5.74) is -1.29. The van der Waals surface area contributed by atoms with Crippen molar-refractivity contribution in [2.24, 2.45) is 0 Å². The van der Waals surface area contributed by atoms with Crippen molar-refractivity contribution in [3.05, 3.63) is 17.8 Å². The molecule has 0 fully saturated rings. The Bertz CT molecular complexity index is 757. The molecule has 0 radical (unpaired) electrons. The molecule has 0 aromatic carbocycles. The van der Waals surface area contributed by atoms with Crippen LogP contribution in [0.3, 0.4) is 0 Å². The lowest BCUT2D eigenvalue weighted by atomic mass is 10.3. The van der Waals surface area contributed by atoms with Crippen molar-refractivity contribution in [1.82, 2.24) is 15.2 Å². The summed E-state index contributed by atoms with van der Waals surface area (Å²) in [5, 5.41) is 5.97. The van der Waals surface area contributed by atoms with Crippen LogP contribution in [0, 0.1) is 0 Å². The van der Waals surface area contributed by atoms with Gasteiger partial charge in [0.2, 0.25) is 10.0 Å². The van der Waals surface area contributed by atoms with Gasteiger partial charge in [-0.2, -0.15) is 18.3 Å². The van der Waals surface area contributed by atoms with E-state index in [0.717, 1.165) is 12.1 Å². The van der Waals surface area contributed by atoms with Gasteiger partial charge in [0.05, 0.1) is 17.8 Å². The Morgan fingerprint density at radius 3 is 2.59 bits per heavy atom. The summed E-state index contributed by atoms with van der Waals surface area (Å²) in [5.74, 6) is -0.448. The third-order valence-electron chi connectivity index (χ3n) is 2.76. The monoisotopic (exact) mass is 340 g/mol. The Morgan fingerprint density at radius 2 is 1.95 bits per heavy atom. The number of unbranched alkanes of at least 4 members (excludes halogenated alkanes) is 1. The number of aromatic nitrogens is 3. The molecule has 0 aliphatic heterocycles. The number of anilines is 1. The van der Waals surface area contributed by atoms with Crippen LogP contribution in [0.5, 0.6) is 0 Å². The normalized spacial score (nSPS) is 12.7.